The molecule has 0 fully saturated rings. The molecule has 2 heterocycles. The standard InChI is InChI=1S/C9H9ClN4O/c1-6-4-9(14-11-6)15-8-3-2-7(5-10)12-13-8/h2-4H,5H2,1H3,(H,11,14). The van der Waals surface area contributed by atoms with E-state index in [4.69, 9.17) is 16.3 Å². The second kappa shape index (κ2) is 4.27. The Kier molecular flexibility index (Phi) is 2.82. The van der Waals surface area contributed by atoms with Gasteiger partial charge in [-0.05, 0) is 13.0 Å². The summed E-state index contributed by atoms with van der Waals surface area (Å²) in [5.74, 6) is 1.21. The van der Waals surface area contributed by atoms with Crippen LogP contribution in [-0.4, -0.2) is 20.4 Å². The summed E-state index contributed by atoms with van der Waals surface area (Å²) in [6.45, 7) is 1.89. The highest BCUT2D eigenvalue weighted by Gasteiger charge is 2.02. The average Bonchev–Trinajstić information content (AvgIpc) is 2.65. The largest absolute Gasteiger partial charge is 0.417 e. The van der Waals surface area contributed by atoms with Gasteiger partial charge in [0.15, 0.2) is 0 Å². The molecule has 0 saturated heterocycles. The molecule has 0 saturated carbocycles. The summed E-state index contributed by atoms with van der Waals surface area (Å²) in [4.78, 5) is 0. The number of halogens is 1. The van der Waals surface area contributed by atoms with Crippen molar-refractivity contribution in [1.82, 2.24) is 20.4 Å². The van der Waals surface area contributed by atoms with Gasteiger partial charge < -0.3 is 4.74 Å². The number of alkyl halides is 1. The number of aryl methyl sites for hydroxylation is 1. The number of hydrogen-bond acceptors (Lipinski definition) is 4. The second-order valence-corrected chi connectivity index (χ2v) is 3.26. The van der Waals surface area contributed by atoms with E-state index < -0.39 is 0 Å². The molecule has 2 rings (SSSR count). The third kappa shape index (κ3) is 2.44. The van der Waals surface area contributed by atoms with Crippen LogP contribution in [-0.2, 0) is 5.88 Å². The zero-order chi connectivity index (χ0) is 10.7. The van der Waals surface area contributed by atoms with Gasteiger partial charge in [-0.25, -0.2) is 0 Å². The van der Waals surface area contributed by atoms with Gasteiger partial charge in [0.25, 0.3) is 0 Å². The molecule has 0 aromatic carbocycles. The maximum atomic E-state index is 5.58. The molecule has 5 nitrogen and oxygen atoms in total. The molecule has 0 radical (unpaired) electrons. The fraction of sp³-hybridized carbons (Fsp3) is 0.222. The first kappa shape index (κ1) is 9.92. The van der Waals surface area contributed by atoms with Crippen molar-refractivity contribution in [2.24, 2.45) is 0 Å². The van der Waals surface area contributed by atoms with Crippen molar-refractivity contribution in [1.29, 1.82) is 0 Å². The number of nitrogens with zero attached hydrogens (tertiary/aromatic N) is 3. The molecule has 0 spiro atoms. The van der Waals surface area contributed by atoms with Crippen molar-refractivity contribution in [3.05, 3.63) is 29.6 Å². The monoisotopic (exact) mass is 224 g/mol. The lowest BCUT2D eigenvalue weighted by atomic mass is 10.4. The van der Waals surface area contributed by atoms with E-state index >= 15 is 0 Å². The molecule has 2 aromatic heterocycles. The smallest absolute Gasteiger partial charge is 0.240 e. The normalized spacial score (nSPS) is 10.3. The lowest BCUT2D eigenvalue weighted by Crippen LogP contribution is -1.93. The number of aromatic nitrogens is 4. The highest BCUT2D eigenvalue weighted by Crippen LogP contribution is 2.16. The van der Waals surface area contributed by atoms with Gasteiger partial charge >= 0.3 is 0 Å². The Balaban J connectivity index is 2.11. The van der Waals surface area contributed by atoms with Gasteiger partial charge in [0.1, 0.15) is 0 Å². The third-order valence-corrected chi connectivity index (χ3v) is 2.00. The predicted octanol–water partition coefficient (Wildman–Crippen LogP) is 2.04. The van der Waals surface area contributed by atoms with E-state index in [0.717, 1.165) is 5.69 Å². The Bertz CT molecular complexity index is 440. The Labute approximate surface area is 91.4 Å². The van der Waals surface area contributed by atoms with Crippen LogP contribution in [0.5, 0.6) is 11.8 Å². The summed E-state index contributed by atoms with van der Waals surface area (Å²) in [6, 6.07) is 5.24. The van der Waals surface area contributed by atoms with Crippen LogP contribution in [0.15, 0.2) is 18.2 Å². The molecule has 6 heteroatoms. The molecular formula is C9H9ClN4O. The van der Waals surface area contributed by atoms with E-state index in [1.165, 1.54) is 0 Å². The van der Waals surface area contributed by atoms with Crippen LogP contribution in [0.25, 0.3) is 0 Å². The van der Waals surface area contributed by atoms with Gasteiger partial charge in [0.2, 0.25) is 11.8 Å². The summed E-state index contributed by atoms with van der Waals surface area (Å²) >= 11 is 5.58. The molecule has 0 bridgehead atoms. The fourth-order valence-corrected chi connectivity index (χ4v) is 1.17. The Morgan fingerprint density at radius 2 is 2.20 bits per heavy atom. The van der Waals surface area contributed by atoms with E-state index in [9.17, 15) is 0 Å². The maximum Gasteiger partial charge on any atom is 0.240 e. The van der Waals surface area contributed by atoms with Crippen molar-refractivity contribution in [2.45, 2.75) is 12.8 Å². The van der Waals surface area contributed by atoms with Crippen LogP contribution in [0, 0.1) is 6.92 Å². The summed E-state index contributed by atoms with van der Waals surface area (Å²) in [7, 11) is 0. The van der Waals surface area contributed by atoms with E-state index in [0.29, 0.717) is 23.3 Å². The lowest BCUT2D eigenvalue weighted by molar-refractivity contribution is 0.436. The molecule has 0 unspecified atom stereocenters. The summed E-state index contributed by atoms with van der Waals surface area (Å²) in [5.41, 5.74) is 1.64. The van der Waals surface area contributed by atoms with Gasteiger partial charge in [0, 0.05) is 17.8 Å². The lowest BCUT2D eigenvalue weighted by Gasteiger charge is -1.99. The molecule has 78 valence electrons. The molecule has 15 heavy (non-hydrogen) atoms. The molecule has 2 aromatic rings. The number of rotatable bonds is 3. The van der Waals surface area contributed by atoms with Gasteiger partial charge in [0.05, 0.1) is 11.6 Å². The number of aromatic amines is 1. The van der Waals surface area contributed by atoms with Gasteiger partial charge in [-0.15, -0.1) is 21.8 Å². The first-order valence-electron chi connectivity index (χ1n) is 4.36. The Morgan fingerprint density at radius 1 is 1.33 bits per heavy atom. The highest BCUT2D eigenvalue weighted by molar-refractivity contribution is 6.16. The first-order chi connectivity index (χ1) is 7.28. The van der Waals surface area contributed by atoms with E-state index in [1.807, 2.05) is 6.92 Å². The second-order valence-electron chi connectivity index (χ2n) is 2.99. The summed E-state index contributed by atoms with van der Waals surface area (Å²) in [6.07, 6.45) is 0. The summed E-state index contributed by atoms with van der Waals surface area (Å²) in [5, 5.41) is 14.4. The van der Waals surface area contributed by atoms with Crippen molar-refractivity contribution in [2.75, 3.05) is 0 Å². The average molecular weight is 225 g/mol. The van der Waals surface area contributed by atoms with Crippen LogP contribution in [0.2, 0.25) is 0 Å². The number of H-pyrrole nitrogens is 1. The van der Waals surface area contributed by atoms with Crippen LogP contribution in [0.1, 0.15) is 11.4 Å². The van der Waals surface area contributed by atoms with Gasteiger partial charge in [-0.3, -0.25) is 5.10 Å². The molecule has 0 aliphatic heterocycles. The zero-order valence-corrected chi connectivity index (χ0v) is 8.82. The zero-order valence-electron chi connectivity index (χ0n) is 8.07. The van der Waals surface area contributed by atoms with Crippen molar-refractivity contribution in [3.63, 3.8) is 0 Å². The predicted molar refractivity (Wildman–Crippen MR) is 55.0 cm³/mol. The molecule has 0 aliphatic rings. The highest BCUT2D eigenvalue weighted by atomic mass is 35.5. The minimum absolute atomic E-state index is 0.342. The van der Waals surface area contributed by atoms with Crippen LogP contribution in [0.3, 0.4) is 0 Å². The molecular weight excluding hydrogens is 216 g/mol. The van der Waals surface area contributed by atoms with Crippen LogP contribution >= 0.6 is 11.6 Å². The van der Waals surface area contributed by atoms with Crippen molar-refractivity contribution >= 4 is 11.6 Å². The fourth-order valence-electron chi connectivity index (χ4n) is 1.03. The minimum Gasteiger partial charge on any atom is -0.417 e. The Hall–Kier alpha value is -1.62. The van der Waals surface area contributed by atoms with Crippen LogP contribution < -0.4 is 4.74 Å². The quantitative estimate of drug-likeness (QED) is 0.811. The van der Waals surface area contributed by atoms with Crippen LogP contribution in [0.4, 0.5) is 0 Å². The number of hydrogen-bond donors (Lipinski definition) is 1. The molecule has 0 amide bonds. The van der Waals surface area contributed by atoms with Gasteiger partial charge in [-0.1, -0.05) is 0 Å². The Morgan fingerprint density at radius 3 is 2.73 bits per heavy atom. The van der Waals surface area contributed by atoms with Crippen molar-refractivity contribution < 1.29 is 4.74 Å². The molecule has 1 N–H and O–H groups in total. The molecule has 0 atom stereocenters. The third-order valence-electron chi connectivity index (χ3n) is 1.72. The topological polar surface area (TPSA) is 63.7 Å². The number of nitrogens with one attached hydrogen (secondary N) is 1. The SMILES string of the molecule is Cc1cc(Oc2ccc(CCl)nn2)n[nH]1. The minimum atomic E-state index is 0.342. The number of ether oxygens (including phenoxy) is 1. The summed E-state index contributed by atoms with van der Waals surface area (Å²) < 4.78 is 5.34. The van der Waals surface area contributed by atoms with E-state index in [2.05, 4.69) is 20.4 Å². The maximum absolute atomic E-state index is 5.58. The van der Waals surface area contributed by atoms with Gasteiger partial charge in [-0.2, -0.15) is 5.10 Å². The van der Waals surface area contributed by atoms with Crippen molar-refractivity contribution in [3.8, 4) is 11.8 Å². The van der Waals surface area contributed by atoms with E-state index in [-0.39, 0.29) is 0 Å². The van der Waals surface area contributed by atoms with E-state index in [1.54, 1.807) is 18.2 Å². The first-order valence-corrected chi connectivity index (χ1v) is 4.90. The molecule has 0 aliphatic carbocycles.